The van der Waals surface area contributed by atoms with Crippen LogP contribution in [0.5, 0.6) is 5.75 Å². The molecular formula is C17H23N3O2. The number of nitrogens with one attached hydrogen (secondary N) is 1. The molecule has 0 radical (unpaired) electrons. The van der Waals surface area contributed by atoms with Gasteiger partial charge in [-0.1, -0.05) is 26.0 Å². The summed E-state index contributed by atoms with van der Waals surface area (Å²) in [5.74, 6) is 1.23. The Morgan fingerprint density at radius 1 is 1.32 bits per heavy atom. The van der Waals surface area contributed by atoms with Crippen LogP contribution in [0, 0.1) is 5.92 Å². The van der Waals surface area contributed by atoms with Crippen LogP contribution in [0.1, 0.15) is 19.4 Å². The van der Waals surface area contributed by atoms with Gasteiger partial charge < -0.3 is 10.1 Å². The molecule has 5 heteroatoms. The van der Waals surface area contributed by atoms with Crippen LogP contribution in [0.4, 0.5) is 0 Å². The Labute approximate surface area is 130 Å². The van der Waals surface area contributed by atoms with Crippen molar-refractivity contribution in [2.45, 2.75) is 20.4 Å². The van der Waals surface area contributed by atoms with Gasteiger partial charge in [-0.2, -0.15) is 5.10 Å². The summed E-state index contributed by atoms with van der Waals surface area (Å²) in [6, 6.07) is 9.61. The lowest BCUT2D eigenvalue weighted by molar-refractivity contribution is 0.272. The first kappa shape index (κ1) is 16.2. The van der Waals surface area contributed by atoms with Crippen LogP contribution < -0.4 is 15.6 Å². The first-order valence-corrected chi connectivity index (χ1v) is 7.47. The van der Waals surface area contributed by atoms with Crippen molar-refractivity contribution in [2.24, 2.45) is 13.0 Å². The average molecular weight is 301 g/mol. The van der Waals surface area contributed by atoms with Gasteiger partial charge in [0.2, 0.25) is 0 Å². The van der Waals surface area contributed by atoms with Gasteiger partial charge in [-0.15, -0.1) is 0 Å². The van der Waals surface area contributed by atoms with Crippen LogP contribution in [0.3, 0.4) is 0 Å². The molecule has 22 heavy (non-hydrogen) atoms. The molecule has 1 heterocycles. The van der Waals surface area contributed by atoms with E-state index in [1.54, 1.807) is 7.05 Å². The number of ether oxygens (including phenoxy) is 1. The minimum absolute atomic E-state index is 0.0846. The molecule has 0 unspecified atom stereocenters. The number of para-hydroxylation sites is 1. The molecule has 0 aliphatic rings. The highest BCUT2D eigenvalue weighted by Crippen LogP contribution is 2.28. The number of nitrogens with zero attached hydrogens (tertiary/aromatic N) is 2. The van der Waals surface area contributed by atoms with E-state index in [9.17, 15) is 4.79 Å². The Kier molecular flexibility index (Phi) is 5.33. The number of rotatable bonds is 6. The maximum absolute atomic E-state index is 12.1. The van der Waals surface area contributed by atoms with E-state index in [-0.39, 0.29) is 5.56 Å². The molecule has 0 saturated heterocycles. The van der Waals surface area contributed by atoms with Gasteiger partial charge in [0.1, 0.15) is 5.75 Å². The van der Waals surface area contributed by atoms with Crippen LogP contribution in [-0.2, 0) is 13.6 Å². The van der Waals surface area contributed by atoms with E-state index in [2.05, 4.69) is 24.3 Å². The number of aromatic nitrogens is 2. The van der Waals surface area contributed by atoms with Crippen LogP contribution in [0.15, 0.2) is 35.1 Å². The molecule has 2 rings (SSSR count). The minimum atomic E-state index is -0.0846. The third-order valence-corrected chi connectivity index (χ3v) is 3.24. The van der Waals surface area contributed by atoms with Crippen molar-refractivity contribution < 1.29 is 4.74 Å². The number of hydrogen-bond acceptors (Lipinski definition) is 4. The van der Waals surface area contributed by atoms with Crippen molar-refractivity contribution in [2.75, 3.05) is 13.7 Å². The zero-order valence-electron chi connectivity index (χ0n) is 13.6. The third kappa shape index (κ3) is 3.74. The quantitative estimate of drug-likeness (QED) is 0.888. The van der Waals surface area contributed by atoms with Gasteiger partial charge >= 0.3 is 0 Å². The van der Waals surface area contributed by atoms with Crippen molar-refractivity contribution in [3.8, 4) is 17.0 Å². The van der Waals surface area contributed by atoms with Crippen LogP contribution in [0.25, 0.3) is 11.3 Å². The van der Waals surface area contributed by atoms with Gasteiger partial charge in [-0.05, 0) is 31.2 Å². The molecule has 0 aliphatic heterocycles. The fourth-order valence-corrected chi connectivity index (χ4v) is 2.18. The minimum Gasteiger partial charge on any atom is -0.493 e. The second-order valence-electron chi connectivity index (χ2n) is 5.71. The lowest BCUT2D eigenvalue weighted by atomic mass is 10.1. The normalized spacial score (nSPS) is 11.0. The molecule has 0 aliphatic carbocycles. The molecule has 0 amide bonds. The predicted molar refractivity (Wildman–Crippen MR) is 88.0 cm³/mol. The second kappa shape index (κ2) is 7.22. The Hall–Kier alpha value is -2.14. The topological polar surface area (TPSA) is 56.1 Å². The molecule has 1 aromatic carbocycles. The van der Waals surface area contributed by atoms with Gasteiger partial charge in [0.15, 0.2) is 0 Å². The Balaban J connectivity index is 2.45. The maximum Gasteiger partial charge on any atom is 0.271 e. The predicted octanol–water partition coefficient (Wildman–Crippen LogP) is 2.20. The van der Waals surface area contributed by atoms with E-state index >= 15 is 0 Å². The van der Waals surface area contributed by atoms with E-state index in [1.807, 2.05) is 37.4 Å². The first-order chi connectivity index (χ1) is 10.5. The van der Waals surface area contributed by atoms with Crippen LogP contribution >= 0.6 is 0 Å². The SMILES string of the molecule is CNCc1cc(-c2ccccc2OCC(C)C)nn(C)c1=O. The second-order valence-corrected chi connectivity index (χ2v) is 5.71. The average Bonchev–Trinajstić information content (AvgIpc) is 2.50. The summed E-state index contributed by atoms with van der Waals surface area (Å²) < 4.78 is 7.26. The zero-order valence-corrected chi connectivity index (χ0v) is 13.6. The summed E-state index contributed by atoms with van der Waals surface area (Å²) in [5, 5.41) is 7.38. The summed E-state index contributed by atoms with van der Waals surface area (Å²) in [7, 11) is 3.49. The highest BCUT2D eigenvalue weighted by Gasteiger charge is 2.12. The number of hydrogen-bond donors (Lipinski definition) is 1. The fourth-order valence-electron chi connectivity index (χ4n) is 2.18. The summed E-state index contributed by atoms with van der Waals surface area (Å²) in [6.45, 7) is 5.37. The fraction of sp³-hybridized carbons (Fsp3) is 0.412. The Morgan fingerprint density at radius 3 is 2.73 bits per heavy atom. The monoisotopic (exact) mass is 301 g/mol. The zero-order chi connectivity index (χ0) is 16.1. The van der Waals surface area contributed by atoms with Crippen LogP contribution in [0.2, 0.25) is 0 Å². The number of benzene rings is 1. The molecule has 5 nitrogen and oxygen atoms in total. The van der Waals surface area contributed by atoms with Gasteiger partial charge in [0.05, 0.1) is 12.3 Å². The molecule has 0 saturated carbocycles. The summed E-state index contributed by atoms with van der Waals surface area (Å²) in [5.41, 5.74) is 2.25. The van der Waals surface area contributed by atoms with E-state index in [0.29, 0.717) is 24.6 Å². The van der Waals surface area contributed by atoms with Gasteiger partial charge in [0.25, 0.3) is 5.56 Å². The molecule has 2 aromatic rings. The highest BCUT2D eigenvalue weighted by molar-refractivity contribution is 5.67. The molecular weight excluding hydrogens is 278 g/mol. The maximum atomic E-state index is 12.1. The Bertz CT molecular complexity index is 693. The number of aryl methyl sites for hydroxylation is 1. The van der Waals surface area contributed by atoms with E-state index < -0.39 is 0 Å². The van der Waals surface area contributed by atoms with E-state index in [4.69, 9.17) is 4.74 Å². The van der Waals surface area contributed by atoms with Crippen molar-refractivity contribution in [3.05, 3.63) is 46.2 Å². The van der Waals surface area contributed by atoms with Crippen LogP contribution in [-0.4, -0.2) is 23.4 Å². The van der Waals surface area contributed by atoms with Crippen molar-refractivity contribution in [1.82, 2.24) is 15.1 Å². The summed E-state index contributed by atoms with van der Waals surface area (Å²) >= 11 is 0. The molecule has 0 atom stereocenters. The Morgan fingerprint density at radius 2 is 2.05 bits per heavy atom. The molecule has 0 bridgehead atoms. The van der Waals surface area contributed by atoms with Crippen molar-refractivity contribution in [1.29, 1.82) is 0 Å². The molecule has 0 spiro atoms. The lowest BCUT2D eigenvalue weighted by Crippen LogP contribution is -2.26. The summed E-state index contributed by atoms with van der Waals surface area (Å²) in [6.07, 6.45) is 0. The van der Waals surface area contributed by atoms with Gasteiger partial charge in [-0.25, -0.2) is 4.68 Å². The van der Waals surface area contributed by atoms with E-state index in [0.717, 1.165) is 17.0 Å². The smallest absolute Gasteiger partial charge is 0.271 e. The first-order valence-electron chi connectivity index (χ1n) is 7.47. The third-order valence-electron chi connectivity index (χ3n) is 3.24. The molecule has 1 N–H and O–H groups in total. The highest BCUT2D eigenvalue weighted by atomic mass is 16.5. The standard InChI is InChI=1S/C17H23N3O2/c1-12(2)11-22-16-8-6-5-7-14(16)15-9-13(10-18-3)17(21)20(4)19-15/h5-9,12,18H,10-11H2,1-4H3. The summed E-state index contributed by atoms with van der Waals surface area (Å²) in [4.78, 5) is 12.1. The van der Waals surface area contributed by atoms with Crippen molar-refractivity contribution in [3.63, 3.8) is 0 Å². The van der Waals surface area contributed by atoms with Gasteiger partial charge in [-0.3, -0.25) is 4.79 Å². The lowest BCUT2D eigenvalue weighted by Gasteiger charge is -2.14. The molecule has 0 fully saturated rings. The van der Waals surface area contributed by atoms with Crippen molar-refractivity contribution >= 4 is 0 Å². The molecule has 118 valence electrons. The van der Waals surface area contributed by atoms with E-state index in [1.165, 1.54) is 4.68 Å². The molecule has 1 aromatic heterocycles. The van der Waals surface area contributed by atoms with Gasteiger partial charge in [0, 0.05) is 24.7 Å². The largest absolute Gasteiger partial charge is 0.493 e.